The van der Waals surface area contributed by atoms with Gasteiger partial charge in [-0.15, -0.1) is 0 Å². The monoisotopic (exact) mass is 517 g/mol. The van der Waals surface area contributed by atoms with Crippen LogP contribution < -0.4 is 9.64 Å². The Balaban J connectivity index is 1.10. The number of hydrogen-bond acceptors (Lipinski definition) is 5. The minimum atomic E-state index is 0.696. The molecule has 1 aliphatic heterocycles. The fourth-order valence-corrected chi connectivity index (χ4v) is 6.33. The number of rotatable bonds is 6. The maximum absolute atomic E-state index is 6.25. The zero-order chi connectivity index (χ0) is 26.2. The van der Waals surface area contributed by atoms with Crippen LogP contribution in [0.3, 0.4) is 0 Å². The van der Waals surface area contributed by atoms with Crippen LogP contribution in [0.5, 0.6) is 5.75 Å². The van der Waals surface area contributed by atoms with Crippen molar-refractivity contribution in [2.24, 2.45) is 0 Å². The maximum atomic E-state index is 6.25. The highest BCUT2D eigenvalue weighted by Crippen LogP contribution is 2.35. The van der Waals surface area contributed by atoms with Crippen LogP contribution in [0.15, 0.2) is 72.8 Å². The molecule has 5 aromatic rings. The first-order chi connectivity index (χ1) is 19.3. The van der Waals surface area contributed by atoms with Gasteiger partial charge in [-0.3, -0.25) is 4.90 Å². The standard InChI is InChI=1S/C33H35N5O/c1-24-31(26-11-3-2-4-12-26)32-34-29-16-8-7-15-28(29)33(38(32)35-24)37-20-18-36(19-21-37)22-23-39-30-17-9-13-25-10-5-6-14-27(25)30/h2-6,9-14,17H,7-8,15-16,18-23H2,1H3. The van der Waals surface area contributed by atoms with E-state index < -0.39 is 0 Å². The van der Waals surface area contributed by atoms with Gasteiger partial charge in [0.15, 0.2) is 5.65 Å². The van der Waals surface area contributed by atoms with Gasteiger partial charge in [0.1, 0.15) is 18.2 Å². The second kappa shape index (κ2) is 10.3. The highest BCUT2D eigenvalue weighted by molar-refractivity contribution is 5.88. The number of piperazine rings is 1. The Bertz CT molecular complexity index is 1610. The van der Waals surface area contributed by atoms with Gasteiger partial charge in [0.05, 0.1) is 5.69 Å². The molecule has 1 fully saturated rings. The molecule has 0 amide bonds. The molecule has 1 saturated heterocycles. The van der Waals surface area contributed by atoms with Gasteiger partial charge in [0, 0.05) is 54.9 Å². The van der Waals surface area contributed by atoms with Crippen molar-refractivity contribution < 1.29 is 4.74 Å². The SMILES string of the molecule is Cc1nn2c(N3CCN(CCOc4cccc5ccccc45)CC3)c3c(nc2c1-c1ccccc1)CCCC3. The average Bonchev–Trinajstić information content (AvgIpc) is 3.32. The number of aryl methyl sites for hydroxylation is 2. The highest BCUT2D eigenvalue weighted by atomic mass is 16.5. The van der Waals surface area contributed by atoms with E-state index in [0.717, 1.165) is 68.2 Å². The van der Waals surface area contributed by atoms with Crippen LogP contribution in [0.25, 0.3) is 27.5 Å². The van der Waals surface area contributed by atoms with Gasteiger partial charge in [0.2, 0.25) is 0 Å². The predicted molar refractivity (Wildman–Crippen MR) is 158 cm³/mol. The van der Waals surface area contributed by atoms with Crippen molar-refractivity contribution in [3.05, 3.63) is 89.7 Å². The summed E-state index contributed by atoms with van der Waals surface area (Å²) in [5.41, 5.74) is 7.07. The average molecular weight is 518 g/mol. The third-order valence-electron chi connectivity index (χ3n) is 8.34. The van der Waals surface area contributed by atoms with Crippen LogP contribution in [0.1, 0.15) is 29.8 Å². The van der Waals surface area contributed by atoms with E-state index >= 15 is 0 Å². The molecule has 6 heteroatoms. The van der Waals surface area contributed by atoms with Crippen molar-refractivity contribution in [1.82, 2.24) is 19.5 Å². The highest BCUT2D eigenvalue weighted by Gasteiger charge is 2.28. The molecule has 0 N–H and O–H groups in total. The molecule has 1 aliphatic carbocycles. The van der Waals surface area contributed by atoms with Crippen LogP contribution in [-0.2, 0) is 12.8 Å². The number of benzene rings is 3. The summed E-state index contributed by atoms with van der Waals surface area (Å²) >= 11 is 0. The molecule has 7 rings (SSSR count). The molecule has 0 spiro atoms. The van der Waals surface area contributed by atoms with Crippen LogP contribution in [0.2, 0.25) is 0 Å². The lowest BCUT2D eigenvalue weighted by Gasteiger charge is -2.37. The minimum Gasteiger partial charge on any atom is -0.492 e. The van der Waals surface area contributed by atoms with Gasteiger partial charge in [-0.2, -0.15) is 9.61 Å². The lowest BCUT2D eigenvalue weighted by atomic mass is 9.95. The molecule has 39 heavy (non-hydrogen) atoms. The van der Waals surface area contributed by atoms with E-state index in [1.54, 1.807) is 0 Å². The van der Waals surface area contributed by atoms with E-state index in [1.165, 1.54) is 46.3 Å². The van der Waals surface area contributed by atoms with Crippen molar-refractivity contribution in [3.8, 4) is 16.9 Å². The second-order valence-electron chi connectivity index (χ2n) is 10.8. The summed E-state index contributed by atoms with van der Waals surface area (Å²) in [5, 5.41) is 7.48. The summed E-state index contributed by atoms with van der Waals surface area (Å²) in [4.78, 5) is 10.3. The number of fused-ring (bicyclic) bond motifs is 3. The number of ether oxygens (including phenoxy) is 1. The minimum absolute atomic E-state index is 0.696. The Labute approximate surface area is 229 Å². The summed E-state index contributed by atoms with van der Waals surface area (Å²) in [6.07, 6.45) is 4.59. The quantitative estimate of drug-likeness (QED) is 0.279. The van der Waals surface area contributed by atoms with Crippen LogP contribution in [0, 0.1) is 6.92 Å². The van der Waals surface area contributed by atoms with E-state index in [9.17, 15) is 0 Å². The lowest BCUT2D eigenvalue weighted by molar-refractivity contribution is 0.201. The Morgan fingerprint density at radius 3 is 2.46 bits per heavy atom. The third kappa shape index (κ3) is 4.53. The largest absolute Gasteiger partial charge is 0.492 e. The molecule has 3 heterocycles. The summed E-state index contributed by atoms with van der Waals surface area (Å²) in [5.74, 6) is 2.24. The zero-order valence-electron chi connectivity index (χ0n) is 22.6. The van der Waals surface area contributed by atoms with Crippen LogP contribution in [-0.4, -0.2) is 58.8 Å². The number of nitrogens with zero attached hydrogens (tertiary/aromatic N) is 5. The molecule has 0 saturated carbocycles. The Hall–Kier alpha value is -3.90. The first-order valence-electron chi connectivity index (χ1n) is 14.3. The number of aromatic nitrogens is 3. The lowest BCUT2D eigenvalue weighted by Crippen LogP contribution is -2.48. The smallest absolute Gasteiger partial charge is 0.165 e. The van der Waals surface area contributed by atoms with Gasteiger partial charge < -0.3 is 9.64 Å². The molecule has 3 aromatic carbocycles. The van der Waals surface area contributed by atoms with Gasteiger partial charge >= 0.3 is 0 Å². The van der Waals surface area contributed by atoms with Gasteiger partial charge in [0.25, 0.3) is 0 Å². The van der Waals surface area contributed by atoms with Crippen molar-refractivity contribution in [3.63, 3.8) is 0 Å². The maximum Gasteiger partial charge on any atom is 0.165 e. The molecule has 0 unspecified atom stereocenters. The molecule has 0 atom stereocenters. The summed E-state index contributed by atoms with van der Waals surface area (Å²) in [6, 6.07) is 25.3. The first-order valence-corrected chi connectivity index (χ1v) is 14.3. The van der Waals surface area contributed by atoms with E-state index in [4.69, 9.17) is 14.8 Å². The van der Waals surface area contributed by atoms with Gasteiger partial charge in [-0.25, -0.2) is 4.98 Å². The third-order valence-corrected chi connectivity index (χ3v) is 8.34. The van der Waals surface area contributed by atoms with E-state index in [2.05, 4.69) is 94.0 Å². The van der Waals surface area contributed by atoms with Crippen molar-refractivity contribution in [2.75, 3.05) is 44.2 Å². The fraction of sp³-hybridized carbons (Fsp3) is 0.333. The van der Waals surface area contributed by atoms with Crippen molar-refractivity contribution in [2.45, 2.75) is 32.6 Å². The fourth-order valence-electron chi connectivity index (χ4n) is 6.33. The topological polar surface area (TPSA) is 45.9 Å². The summed E-state index contributed by atoms with van der Waals surface area (Å²) in [7, 11) is 0. The van der Waals surface area contributed by atoms with E-state index in [1.807, 2.05) is 0 Å². The Morgan fingerprint density at radius 2 is 1.59 bits per heavy atom. The normalized spacial score (nSPS) is 16.1. The molecular formula is C33H35N5O. The molecule has 198 valence electrons. The molecule has 0 radical (unpaired) electrons. The Kier molecular flexibility index (Phi) is 6.41. The number of hydrogen-bond donors (Lipinski definition) is 0. The van der Waals surface area contributed by atoms with E-state index in [-0.39, 0.29) is 0 Å². The van der Waals surface area contributed by atoms with Gasteiger partial charge in [-0.05, 0) is 49.6 Å². The number of anilines is 1. The summed E-state index contributed by atoms with van der Waals surface area (Å²) < 4.78 is 8.40. The molecule has 6 nitrogen and oxygen atoms in total. The van der Waals surface area contributed by atoms with Crippen molar-refractivity contribution in [1.29, 1.82) is 0 Å². The Morgan fingerprint density at radius 1 is 0.821 bits per heavy atom. The van der Waals surface area contributed by atoms with Crippen molar-refractivity contribution >= 4 is 22.2 Å². The second-order valence-corrected chi connectivity index (χ2v) is 10.8. The molecule has 2 aromatic heterocycles. The zero-order valence-corrected chi connectivity index (χ0v) is 22.6. The van der Waals surface area contributed by atoms with Gasteiger partial charge in [-0.1, -0.05) is 66.7 Å². The molecular weight excluding hydrogens is 482 g/mol. The predicted octanol–water partition coefficient (Wildman–Crippen LogP) is 5.94. The molecule has 0 bridgehead atoms. The summed E-state index contributed by atoms with van der Waals surface area (Å²) in [6.45, 7) is 7.75. The van der Waals surface area contributed by atoms with Crippen LogP contribution in [0.4, 0.5) is 5.82 Å². The molecule has 2 aliphatic rings. The van der Waals surface area contributed by atoms with Crippen LogP contribution >= 0.6 is 0 Å². The van der Waals surface area contributed by atoms with E-state index in [0.29, 0.717) is 6.61 Å². The first kappa shape index (κ1) is 24.2.